The summed E-state index contributed by atoms with van der Waals surface area (Å²) >= 11 is 5.82. The minimum absolute atomic E-state index is 0.335. The number of hydrogen-bond acceptors (Lipinski definition) is 2. The summed E-state index contributed by atoms with van der Waals surface area (Å²) in [6.45, 7) is 0.808. The van der Waals surface area contributed by atoms with Crippen molar-refractivity contribution >= 4 is 17.3 Å². The Morgan fingerprint density at radius 3 is 3.00 bits per heavy atom. The molecular weight excluding hydrogens is 191 g/mol. The summed E-state index contributed by atoms with van der Waals surface area (Å²) in [6.07, 6.45) is 2.99. The van der Waals surface area contributed by atoms with Gasteiger partial charge in [-0.15, -0.1) is 0 Å². The molecule has 4 heteroatoms. The van der Waals surface area contributed by atoms with Gasteiger partial charge in [-0.3, -0.25) is 4.99 Å². The zero-order valence-electron chi connectivity index (χ0n) is 6.93. The smallest absolute Gasteiger partial charge is 0.142 e. The fourth-order valence-electron chi connectivity index (χ4n) is 1.38. The van der Waals surface area contributed by atoms with E-state index < -0.39 is 0 Å². The van der Waals surface area contributed by atoms with Crippen LogP contribution in [0, 0.1) is 5.82 Å². The number of nitrogens with zero attached hydrogens (tertiary/aromatic N) is 2. The van der Waals surface area contributed by atoms with Crippen molar-refractivity contribution in [3.63, 3.8) is 0 Å². The number of rotatable bonds is 1. The molecule has 0 spiro atoms. The third-order valence-corrected chi connectivity index (χ3v) is 2.29. The number of hydrogen-bond donors (Lipinski definition) is 0. The first-order valence-corrected chi connectivity index (χ1v) is 4.50. The van der Waals surface area contributed by atoms with E-state index in [0.717, 1.165) is 31.3 Å². The SMILES string of the molecule is Fc1cnc(Cl)c(C2=NCCC2)c1. The lowest BCUT2D eigenvalue weighted by molar-refractivity contribution is 0.621. The number of halogens is 2. The Hall–Kier alpha value is -0.960. The van der Waals surface area contributed by atoms with Gasteiger partial charge in [0.25, 0.3) is 0 Å². The second-order valence-corrected chi connectivity index (χ2v) is 3.28. The maximum absolute atomic E-state index is 12.8. The van der Waals surface area contributed by atoms with Crippen LogP contribution in [-0.4, -0.2) is 17.2 Å². The largest absolute Gasteiger partial charge is 0.289 e. The summed E-state index contributed by atoms with van der Waals surface area (Å²) in [5, 5.41) is 0.335. The van der Waals surface area contributed by atoms with E-state index >= 15 is 0 Å². The zero-order valence-corrected chi connectivity index (χ0v) is 7.68. The Balaban J connectivity index is 2.43. The minimum Gasteiger partial charge on any atom is -0.289 e. The summed E-state index contributed by atoms with van der Waals surface area (Å²) in [5.74, 6) is -0.367. The van der Waals surface area contributed by atoms with Gasteiger partial charge in [-0.1, -0.05) is 11.6 Å². The minimum atomic E-state index is -0.367. The Bertz CT molecular complexity index is 363. The monoisotopic (exact) mass is 198 g/mol. The molecule has 0 amide bonds. The van der Waals surface area contributed by atoms with E-state index in [4.69, 9.17) is 11.6 Å². The summed E-state index contributed by atoms with van der Waals surface area (Å²) in [6, 6.07) is 1.39. The van der Waals surface area contributed by atoms with Gasteiger partial charge in [-0.05, 0) is 18.9 Å². The number of aromatic nitrogens is 1. The molecule has 0 N–H and O–H groups in total. The molecule has 68 valence electrons. The molecule has 0 saturated heterocycles. The van der Waals surface area contributed by atoms with Gasteiger partial charge in [0.15, 0.2) is 0 Å². The fraction of sp³-hybridized carbons (Fsp3) is 0.333. The highest BCUT2D eigenvalue weighted by Gasteiger charge is 2.13. The average Bonchev–Trinajstić information content (AvgIpc) is 2.61. The summed E-state index contributed by atoms with van der Waals surface area (Å²) in [7, 11) is 0. The van der Waals surface area contributed by atoms with Crippen LogP contribution in [0.3, 0.4) is 0 Å². The predicted octanol–water partition coefficient (Wildman–Crippen LogP) is 2.46. The van der Waals surface area contributed by atoms with Gasteiger partial charge >= 0.3 is 0 Å². The van der Waals surface area contributed by atoms with E-state index in [1.165, 1.54) is 6.07 Å². The highest BCUT2D eigenvalue weighted by molar-refractivity contribution is 6.33. The molecule has 0 saturated carbocycles. The van der Waals surface area contributed by atoms with Gasteiger partial charge in [0.1, 0.15) is 11.0 Å². The second-order valence-electron chi connectivity index (χ2n) is 2.92. The molecule has 2 rings (SSSR count). The molecule has 0 atom stereocenters. The molecule has 0 aromatic carbocycles. The van der Waals surface area contributed by atoms with Crippen LogP contribution in [-0.2, 0) is 0 Å². The Kier molecular flexibility index (Phi) is 2.27. The predicted molar refractivity (Wildman–Crippen MR) is 49.8 cm³/mol. The van der Waals surface area contributed by atoms with E-state index in [0.29, 0.717) is 10.7 Å². The number of aliphatic imine (C=N–C) groups is 1. The maximum Gasteiger partial charge on any atom is 0.142 e. The standard InChI is InChI=1S/C9H8ClFN2/c10-9-7(4-6(11)5-13-9)8-2-1-3-12-8/h4-5H,1-3H2. The molecule has 2 heterocycles. The third-order valence-electron chi connectivity index (χ3n) is 1.99. The van der Waals surface area contributed by atoms with Gasteiger partial charge in [0.2, 0.25) is 0 Å². The molecular formula is C9H8ClFN2. The fourth-order valence-corrected chi connectivity index (χ4v) is 1.60. The van der Waals surface area contributed by atoms with Gasteiger partial charge in [0.05, 0.1) is 6.20 Å². The molecule has 0 unspecified atom stereocenters. The van der Waals surface area contributed by atoms with Crippen LogP contribution < -0.4 is 0 Å². The van der Waals surface area contributed by atoms with E-state index in [-0.39, 0.29) is 5.82 Å². The van der Waals surface area contributed by atoms with Crippen molar-refractivity contribution in [3.8, 4) is 0 Å². The Morgan fingerprint density at radius 1 is 1.46 bits per heavy atom. The average molecular weight is 199 g/mol. The maximum atomic E-state index is 12.8. The van der Waals surface area contributed by atoms with Crippen LogP contribution in [0.25, 0.3) is 0 Å². The second kappa shape index (κ2) is 3.42. The molecule has 2 nitrogen and oxygen atoms in total. The summed E-state index contributed by atoms with van der Waals surface area (Å²) in [4.78, 5) is 7.97. The van der Waals surface area contributed by atoms with Crippen LogP contribution in [0.15, 0.2) is 17.3 Å². The first-order valence-electron chi connectivity index (χ1n) is 4.12. The molecule has 0 aliphatic carbocycles. The Morgan fingerprint density at radius 2 is 2.31 bits per heavy atom. The number of pyridine rings is 1. The molecule has 0 fully saturated rings. The first kappa shape index (κ1) is 8.63. The highest BCUT2D eigenvalue weighted by Crippen LogP contribution is 2.19. The van der Waals surface area contributed by atoms with Crippen molar-refractivity contribution < 1.29 is 4.39 Å². The molecule has 1 aromatic rings. The van der Waals surface area contributed by atoms with Gasteiger partial charge < -0.3 is 0 Å². The topological polar surface area (TPSA) is 25.2 Å². The van der Waals surface area contributed by atoms with Crippen LogP contribution in [0.4, 0.5) is 4.39 Å². The molecule has 0 bridgehead atoms. The van der Waals surface area contributed by atoms with Crippen molar-refractivity contribution in [1.82, 2.24) is 4.98 Å². The van der Waals surface area contributed by atoms with Gasteiger partial charge in [-0.2, -0.15) is 0 Å². The van der Waals surface area contributed by atoms with Crippen molar-refractivity contribution in [3.05, 3.63) is 28.8 Å². The van der Waals surface area contributed by atoms with Crippen molar-refractivity contribution in [1.29, 1.82) is 0 Å². The van der Waals surface area contributed by atoms with Crippen LogP contribution in [0.1, 0.15) is 18.4 Å². The van der Waals surface area contributed by atoms with Gasteiger partial charge in [-0.25, -0.2) is 9.37 Å². The highest BCUT2D eigenvalue weighted by atomic mass is 35.5. The molecule has 1 aliphatic heterocycles. The van der Waals surface area contributed by atoms with Crippen molar-refractivity contribution in [2.75, 3.05) is 6.54 Å². The quantitative estimate of drug-likeness (QED) is 0.637. The lowest BCUT2D eigenvalue weighted by atomic mass is 10.1. The van der Waals surface area contributed by atoms with Crippen molar-refractivity contribution in [2.24, 2.45) is 4.99 Å². The van der Waals surface area contributed by atoms with Crippen LogP contribution in [0.2, 0.25) is 5.15 Å². The summed E-state index contributed by atoms with van der Waals surface area (Å²) < 4.78 is 12.8. The normalized spacial score (nSPS) is 16.0. The summed E-state index contributed by atoms with van der Waals surface area (Å²) in [5.41, 5.74) is 1.51. The van der Waals surface area contributed by atoms with E-state index in [1.807, 2.05) is 0 Å². The van der Waals surface area contributed by atoms with E-state index in [1.54, 1.807) is 0 Å². The third kappa shape index (κ3) is 1.70. The first-order chi connectivity index (χ1) is 6.27. The zero-order chi connectivity index (χ0) is 9.26. The van der Waals surface area contributed by atoms with Crippen molar-refractivity contribution in [2.45, 2.75) is 12.8 Å². The molecule has 0 radical (unpaired) electrons. The van der Waals surface area contributed by atoms with E-state index in [2.05, 4.69) is 9.98 Å². The van der Waals surface area contributed by atoms with E-state index in [9.17, 15) is 4.39 Å². The Labute approximate surface area is 80.5 Å². The molecule has 1 aliphatic rings. The van der Waals surface area contributed by atoms with Crippen LogP contribution >= 0.6 is 11.6 Å². The lowest BCUT2D eigenvalue weighted by Gasteiger charge is -2.01. The molecule has 13 heavy (non-hydrogen) atoms. The van der Waals surface area contributed by atoms with Gasteiger partial charge in [0, 0.05) is 17.8 Å². The molecule has 1 aromatic heterocycles. The lowest BCUT2D eigenvalue weighted by Crippen LogP contribution is -1.99. The van der Waals surface area contributed by atoms with Crippen LogP contribution in [0.5, 0.6) is 0 Å².